The number of aliphatic imine (C=N–C) groups is 1. The highest BCUT2D eigenvalue weighted by atomic mass is 16.5. The van der Waals surface area contributed by atoms with Gasteiger partial charge in [-0.3, -0.25) is 38.7 Å². The van der Waals surface area contributed by atoms with Crippen LogP contribution < -0.4 is 33.2 Å². The molecule has 262 valence electrons. The number of esters is 1. The lowest BCUT2D eigenvalue weighted by Gasteiger charge is -2.33. The van der Waals surface area contributed by atoms with E-state index in [1.807, 2.05) is 0 Å². The van der Waals surface area contributed by atoms with Crippen LogP contribution >= 0.6 is 0 Å². The summed E-state index contributed by atoms with van der Waals surface area (Å²) >= 11 is 0. The second kappa shape index (κ2) is 15.7. The molecule has 1 saturated heterocycles. The molecule has 1 heterocycles. The first kappa shape index (κ1) is 37.4. The highest BCUT2D eigenvalue weighted by molar-refractivity contribution is 6.06. The number of ether oxygens (including phenoxy) is 2. The van der Waals surface area contributed by atoms with Crippen LogP contribution in [-0.4, -0.2) is 103 Å². The molecule has 47 heavy (non-hydrogen) atoms. The minimum Gasteiger partial charge on any atom is -0.469 e. The smallest absolute Gasteiger partial charge is 0.308 e. The van der Waals surface area contributed by atoms with Gasteiger partial charge < -0.3 is 42.6 Å². The fraction of sp³-hybridized carbons (Fsp3) is 0.710. The maximum Gasteiger partial charge on any atom is 0.308 e. The lowest BCUT2D eigenvalue weighted by Crippen LogP contribution is -2.56. The monoisotopic (exact) mass is 662 g/mol. The minimum atomic E-state index is -1.28. The molecule has 2 bridgehead atoms. The zero-order valence-electron chi connectivity index (χ0n) is 27.9. The Bertz CT molecular complexity index is 1250. The maximum atomic E-state index is 13.2. The number of imide groups is 1. The molecule has 0 aromatic rings. The number of hydrogen-bond donors (Lipinski definition) is 6. The molecule has 0 radical (unpaired) electrons. The molecule has 6 atom stereocenters. The molecule has 0 aromatic carbocycles. The summed E-state index contributed by atoms with van der Waals surface area (Å²) in [7, 11) is 1.16. The van der Waals surface area contributed by atoms with Crippen molar-refractivity contribution < 1.29 is 38.2 Å². The fourth-order valence-corrected chi connectivity index (χ4v) is 6.27. The van der Waals surface area contributed by atoms with Crippen molar-refractivity contribution >= 4 is 41.5 Å². The number of carbonyl (C=O) groups excluding carboxylic acids is 6. The molecule has 3 aliphatic rings. The Kier molecular flexibility index (Phi) is 12.5. The number of amides is 5. The summed E-state index contributed by atoms with van der Waals surface area (Å²) in [6, 6.07) is -2.18. The standard InChI is InChI=1S/C31H50N8O8/c1-30(2,10-12-47-31(3,4)16-39-27(44)23-17-8-9-18(13-17)24(23)28(39)45)38-26(43)20(14-22(41)46-5)37-21(40)15-36-25(42)19(32)7-6-11-35-29(33)34/h8-9,17-20,23-24H,6-7,10-16,32H2,1-5H3,(H,36,42)(H,37,40)(H,38,43)(H4,33,34,35). The van der Waals surface area contributed by atoms with E-state index >= 15 is 0 Å². The molecule has 1 aliphatic heterocycles. The Morgan fingerprint density at radius 1 is 1.04 bits per heavy atom. The average molecular weight is 663 g/mol. The number of allylic oxidation sites excluding steroid dienone is 2. The number of guanidine groups is 1. The van der Waals surface area contributed by atoms with Crippen LogP contribution in [0, 0.1) is 23.7 Å². The van der Waals surface area contributed by atoms with E-state index in [0.717, 1.165) is 13.5 Å². The number of hydrogen-bond acceptors (Lipinski definition) is 10. The van der Waals surface area contributed by atoms with Crippen molar-refractivity contribution in [3.8, 4) is 0 Å². The summed E-state index contributed by atoms with van der Waals surface area (Å²) in [6.07, 6.45) is 5.59. The first-order valence-corrected chi connectivity index (χ1v) is 15.9. The third-order valence-corrected chi connectivity index (χ3v) is 8.76. The van der Waals surface area contributed by atoms with Crippen LogP contribution in [0.5, 0.6) is 0 Å². The number of rotatable bonds is 18. The molecule has 2 aliphatic carbocycles. The Morgan fingerprint density at radius 3 is 2.23 bits per heavy atom. The SMILES string of the molecule is COC(=O)CC(NC(=O)CNC(=O)C(N)CCCN=C(N)N)C(=O)NC(C)(C)CCOC(C)(C)CN1C(=O)C2C3C=CC(C3)C2C1=O. The summed E-state index contributed by atoms with van der Waals surface area (Å²) in [5, 5.41) is 7.70. The van der Waals surface area contributed by atoms with Crippen LogP contribution in [0.3, 0.4) is 0 Å². The van der Waals surface area contributed by atoms with Gasteiger partial charge >= 0.3 is 5.97 Å². The first-order valence-electron chi connectivity index (χ1n) is 15.9. The molecule has 6 unspecified atom stereocenters. The van der Waals surface area contributed by atoms with E-state index in [-0.39, 0.29) is 61.0 Å². The van der Waals surface area contributed by atoms with E-state index in [1.54, 1.807) is 27.7 Å². The Morgan fingerprint density at radius 2 is 1.66 bits per heavy atom. The molecular weight excluding hydrogens is 612 g/mol. The first-order chi connectivity index (χ1) is 21.9. The van der Waals surface area contributed by atoms with E-state index in [9.17, 15) is 28.8 Å². The van der Waals surface area contributed by atoms with Gasteiger partial charge in [0.25, 0.3) is 0 Å². The zero-order chi connectivity index (χ0) is 35.1. The maximum absolute atomic E-state index is 13.2. The van der Waals surface area contributed by atoms with Gasteiger partial charge in [-0.25, -0.2) is 0 Å². The highest BCUT2D eigenvalue weighted by Crippen LogP contribution is 2.52. The van der Waals surface area contributed by atoms with Crippen LogP contribution in [0.25, 0.3) is 0 Å². The van der Waals surface area contributed by atoms with Crippen molar-refractivity contribution in [3.05, 3.63) is 12.2 Å². The number of likely N-dealkylation sites (tertiary alicyclic amines) is 1. The topological polar surface area (TPSA) is 251 Å². The van der Waals surface area contributed by atoms with E-state index in [0.29, 0.717) is 19.4 Å². The number of carbonyl (C=O) groups is 6. The summed E-state index contributed by atoms with van der Waals surface area (Å²) in [4.78, 5) is 81.5. The van der Waals surface area contributed by atoms with Crippen molar-refractivity contribution in [2.45, 2.75) is 83.0 Å². The molecule has 0 spiro atoms. The van der Waals surface area contributed by atoms with Gasteiger partial charge in [0.15, 0.2) is 5.96 Å². The Labute approximate surface area is 275 Å². The van der Waals surface area contributed by atoms with Crippen molar-refractivity contribution in [3.63, 3.8) is 0 Å². The summed E-state index contributed by atoms with van der Waals surface area (Å²) in [6.45, 7) is 7.25. The van der Waals surface area contributed by atoms with Crippen molar-refractivity contribution in [1.82, 2.24) is 20.9 Å². The lowest BCUT2D eigenvalue weighted by atomic mass is 9.85. The van der Waals surface area contributed by atoms with Gasteiger partial charge in [-0.05, 0) is 65.2 Å². The zero-order valence-corrected chi connectivity index (χ0v) is 27.9. The van der Waals surface area contributed by atoms with Crippen molar-refractivity contribution in [1.29, 1.82) is 0 Å². The molecule has 2 fully saturated rings. The molecule has 16 heteroatoms. The third-order valence-electron chi connectivity index (χ3n) is 8.76. The summed E-state index contributed by atoms with van der Waals surface area (Å²) < 4.78 is 10.8. The highest BCUT2D eigenvalue weighted by Gasteiger charge is 2.59. The molecule has 16 nitrogen and oxygen atoms in total. The Balaban J connectivity index is 1.47. The predicted molar refractivity (Wildman–Crippen MR) is 171 cm³/mol. The summed E-state index contributed by atoms with van der Waals surface area (Å²) in [5.41, 5.74) is 14.7. The molecule has 3 rings (SSSR count). The average Bonchev–Trinajstić information content (AvgIpc) is 3.67. The van der Waals surface area contributed by atoms with Gasteiger partial charge in [0.1, 0.15) is 6.04 Å². The van der Waals surface area contributed by atoms with Gasteiger partial charge in [-0.1, -0.05) is 12.2 Å². The van der Waals surface area contributed by atoms with Crippen LogP contribution in [0.4, 0.5) is 0 Å². The van der Waals surface area contributed by atoms with E-state index in [2.05, 4.69) is 37.8 Å². The molecule has 1 saturated carbocycles. The number of nitrogens with one attached hydrogen (secondary N) is 3. The molecule has 9 N–H and O–H groups in total. The van der Waals surface area contributed by atoms with Crippen LogP contribution in [0.1, 0.15) is 59.8 Å². The third kappa shape index (κ3) is 10.2. The van der Waals surface area contributed by atoms with Gasteiger partial charge in [0, 0.05) is 18.7 Å². The van der Waals surface area contributed by atoms with Gasteiger partial charge in [-0.2, -0.15) is 0 Å². The number of fused-ring (bicyclic) bond motifs is 5. The number of nitrogens with two attached hydrogens (primary N) is 3. The lowest BCUT2D eigenvalue weighted by molar-refractivity contribution is -0.146. The van der Waals surface area contributed by atoms with Gasteiger partial charge in [0.2, 0.25) is 29.5 Å². The van der Waals surface area contributed by atoms with E-state index in [1.165, 1.54) is 4.90 Å². The molecular formula is C31H50N8O8. The van der Waals surface area contributed by atoms with Gasteiger partial charge in [-0.15, -0.1) is 0 Å². The van der Waals surface area contributed by atoms with E-state index in [4.69, 9.17) is 21.9 Å². The second-order valence-electron chi connectivity index (χ2n) is 13.7. The largest absolute Gasteiger partial charge is 0.469 e. The second-order valence-corrected chi connectivity index (χ2v) is 13.7. The quantitative estimate of drug-likeness (QED) is 0.0244. The Hall–Kier alpha value is -4.05. The molecule has 0 aromatic heterocycles. The fourth-order valence-electron chi connectivity index (χ4n) is 6.27. The predicted octanol–water partition coefficient (Wildman–Crippen LogP) is -1.58. The van der Waals surface area contributed by atoms with Crippen LogP contribution in [0.15, 0.2) is 17.1 Å². The van der Waals surface area contributed by atoms with E-state index < -0.39 is 59.9 Å². The normalized spacial score (nSPS) is 22.8. The van der Waals surface area contributed by atoms with Crippen LogP contribution in [-0.2, 0) is 38.2 Å². The van der Waals surface area contributed by atoms with Crippen LogP contribution in [0.2, 0.25) is 0 Å². The number of nitrogens with zero attached hydrogens (tertiary/aromatic N) is 2. The number of methoxy groups -OCH3 is 1. The van der Waals surface area contributed by atoms with Gasteiger partial charge in [0.05, 0.1) is 50.1 Å². The van der Waals surface area contributed by atoms with Crippen molar-refractivity contribution in [2.24, 2.45) is 45.9 Å². The summed E-state index contributed by atoms with van der Waals surface area (Å²) in [5.74, 6) is -3.29. The molecule has 5 amide bonds. The van der Waals surface area contributed by atoms with Crippen molar-refractivity contribution in [2.75, 3.05) is 33.4 Å². The minimum absolute atomic E-state index is 0.0672.